The first-order chi connectivity index (χ1) is 9.16. The molecule has 2 aromatic heterocycles. The Morgan fingerprint density at radius 1 is 1.16 bits per heavy atom. The van der Waals surface area contributed by atoms with Crippen LogP contribution in [0, 0.1) is 6.92 Å². The smallest absolute Gasteiger partial charge is 0.267 e. The number of aromatic nitrogens is 4. The molecule has 6 heteroatoms. The van der Waals surface area contributed by atoms with Crippen LogP contribution >= 0.6 is 0 Å². The normalized spacial score (nSPS) is 10.8. The summed E-state index contributed by atoms with van der Waals surface area (Å²) in [4.78, 5) is 24.9. The lowest BCUT2D eigenvalue weighted by atomic mass is 10.2. The van der Waals surface area contributed by atoms with Gasteiger partial charge in [0.05, 0.1) is 23.3 Å². The maximum Gasteiger partial charge on any atom is 0.267 e. The van der Waals surface area contributed by atoms with E-state index in [4.69, 9.17) is 5.73 Å². The van der Waals surface area contributed by atoms with E-state index < -0.39 is 0 Å². The Hall–Kier alpha value is -2.76. The van der Waals surface area contributed by atoms with Crippen LogP contribution in [0.4, 0.5) is 5.82 Å². The zero-order chi connectivity index (χ0) is 13.4. The second-order valence-corrected chi connectivity index (χ2v) is 4.12. The molecule has 0 saturated heterocycles. The highest BCUT2D eigenvalue weighted by atomic mass is 16.1. The lowest BCUT2D eigenvalue weighted by molar-refractivity contribution is 0.856. The van der Waals surface area contributed by atoms with Gasteiger partial charge in [-0.25, -0.2) is 19.5 Å². The van der Waals surface area contributed by atoms with Gasteiger partial charge in [-0.05, 0) is 19.1 Å². The van der Waals surface area contributed by atoms with E-state index in [0.29, 0.717) is 28.4 Å². The van der Waals surface area contributed by atoms with E-state index in [1.54, 1.807) is 19.1 Å². The molecule has 0 unspecified atom stereocenters. The Labute approximate surface area is 108 Å². The van der Waals surface area contributed by atoms with Gasteiger partial charge in [0, 0.05) is 0 Å². The number of nitrogen functional groups attached to an aromatic ring is 1. The Balaban J connectivity index is 2.35. The lowest BCUT2D eigenvalue weighted by Gasteiger charge is -2.09. The Kier molecular flexibility index (Phi) is 2.49. The van der Waals surface area contributed by atoms with Gasteiger partial charge in [0.15, 0.2) is 5.82 Å². The molecular weight excluding hydrogens is 242 g/mol. The maximum atomic E-state index is 12.5. The van der Waals surface area contributed by atoms with Crippen LogP contribution in [-0.4, -0.2) is 19.5 Å². The first-order valence-corrected chi connectivity index (χ1v) is 5.73. The van der Waals surface area contributed by atoms with Gasteiger partial charge in [-0.1, -0.05) is 12.1 Å². The topological polar surface area (TPSA) is 86.7 Å². The number of rotatable bonds is 1. The molecule has 0 spiro atoms. The third-order valence-electron chi connectivity index (χ3n) is 2.83. The molecule has 0 atom stereocenters. The molecule has 3 aromatic rings. The van der Waals surface area contributed by atoms with Gasteiger partial charge in [-0.15, -0.1) is 0 Å². The largest absolute Gasteiger partial charge is 0.382 e. The highest BCUT2D eigenvalue weighted by molar-refractivity contribution is 5.77. The number of nitrogens with zero attached hydrogens (tertiary/aromatic N) is 4. The Morgan fingerprint density at radius 2 is 1.95 bits per heavy atom. The van der Waals surface area contributed by atoms with Crippen molar-refractivity contribution in [1.29, 1.82) is 0 Å². The molecule has 1 aromatic carbocycles. The Morgan fingerprint density at radius 3 is 2.68 bits per heavy atom. The molecule has 6 nitrogen and oxygen atoms in total. The average molecular weight is 253 g/mol. The molecular formula is C13H11N5O. The molecule has 0 fully saturated rings. The van der Waals surface area contributed by atoms with Crippen LogP contribution < -0.4 is 11.3 Å². The molecule has 0 radical (unpaired) electrons. The lowest BCUT2D eigenvalue weighted by Crippen LogP contribution is -2.23. The number of aryl methyl sites for hydroxylation is 1. The number of hydrogen-bond acceptors (Lipinski definition) is 5. The molecule has 0 aliphatic carbocycles. The van der Waals surface area contributed by atoms with E-state index in [1.807, 2.05) is 12.1 Å². The second-order valence-electron chi connectivity index (χ2n) is 4.12. The summed E-state index contributed by atoms with van der Waals surface area (Å²) in [6, 6.07) is 7.20. The standard InChI is InChI=1S/C13H11N5O/c1-8-17-10-5-3-2-4-9(10)13(19)18(8)12-7-15-11(14)6-16-12/h2-7H,1H3,(H2,14,15). The summed E-state index contributed by atoms with van der Waals surface area (Å²) in [7, 11) is 0. The summed E-state index contributed by atoms with van der Waals surface area (Å²) in [5.74, 6) is 1.28. The summed E-state index contributed by atoms with van der Waals surface area (Å²) in [6.07, 6.45) is 2.87. The van der Waals surface area contributed by atoms with Gasteiger partial charge in [0.1, 0.15) is 11.6 Å². The van der Waals surface area contributed by atoms with Gasteiger partial charge in [0.2, 0.25) is 0 Å². The van der Waals surface area contributed by atoms with Crippen molar-refractivity contribution in [3.63, 3.8) is 0 Å². The molecule has 0 aliphatic heterocycles. The van der Waals surface area contributed by atoms with Crippen molar-refractivity contribution < 1.29 is 0 Å². The molecule has 0 amide bonds. The fourth-order valence-electron chi connectivity index (χ4n) is 1.96. The molecule has 2 heterocycles. The SMILES string of the molecule is Cc1nc2ccccc2c(=O)n1-c1cnc(N)cn1. The second kappa shape index (κ2) is 4.16. The van der Waals surface area contributed by atoms with Gasteiger partial charge < -0.3 is 5.73 Å². The van der Waals surface area contributed by atoms with E-state index in [-0.39, 0.29) is 5.56 Å². The van der Waals surface area contributed by atoms with E-state index in [1.165, 1.54) is 17.0 Å². The first-order valence-electron chi connectivity index (χ1n) is 5.73. The predicted octanol–water partition coefficient (Wildman–Crippen LogP) is 1.07. The third kappa shape index (κ3) is 1.83. The number of hydrogen-bond donors (Lipinski definition) is 1. The molecule has 0 saturated carbocycles. The van der Waals surface area contributed by atoms with Gasteiger partial charge in [0.25, 0.3) is 5.56 Å². The van der Waals surface area contributed by atoms with Crippen molar-refractivity contribution in [2.45, 2.75) is 6.92 Å². The fourth-order valence-corrected chi connectivity index (χ4v) is 1.96. The predicted molar refractivity (Wildman–Crippen MR) is 72.1 cm³/mol. The highest BCUT2D eigenvalue weighted by Gasteiger charge is 2.10. The summed E-state index contributed by atoms with van der Waals surface area (Å²) in [5.41, 5.74) is 6.00. The fraction of sp³-hybridized carbons (Fsp3) is 0.0769. The summed E-state index contributed by atoms with van der Waals surface area (Å²) in [6.45, 7) is 1.76. The minimum Gasteiger partial charge on any atom is -0.382 e. The van der Waals surface area contributed by atoms with E-state index in [9.17, 15) is 4.79 Å². The zero-order valence-corrected chi connectivity index (χ0v) is 10.2. The number of benzene rings is 1. The minimum atomic E-state index is -0.165. The molecule has 3 rings (SSSR count). The van der Waals surface area contributed by atoms with Crippen LogP contribution in [0.2, 0.25) is 0 Å². The molecule has 0 bridgehead atoms. The summed E-state index contributed by atoms with van der Waals surface area (Å²) in [5, 5.41) is 0.548. The van der Waals surface area contributed by atoms with Crippen molar-refractivity contribution in [3.8, 4) is 5.82 Å². The van der Waals surface area contributed by atoms with Crippen molar-refractivity contribution in [1.82, 2.24) is 19.5 Å². The maximum absolute atomic E-state index is 12.5. The van der Waals surface area contributed by atoms with Crippen LogP contribution in [0.15, 0.2) is 41.5 Å². The van der Waals surface area contributed by atoms with E-state index >= 15 is 0 Å². The monoisotopic (exact) mass is 253 g/mol. The van der Waals surface area contributed by atoms with Gasteiger partial charge in [-0.2, -0.15) is 0 Å². The number of para-hydroxylation sites is 1. The molecule has 19 heavy (non-hydrogen) atoms. The number of anilines is 1. The first kappa shape index (κ1) is 11.3. The van der Waals surface area contributed by atoms with Crippen LogP contribution in [0.5, 0.6) is 0 Å². The van der Waals surface area contributed by atoms with Crippen molar-refractivity contribution >= 4 is 16.7 Å². The molecule has 0 aliphatic rings. The van der Waals surface area contributed by atoms with E-state index in [2.05, 4.69) is 15.0 Å². The van der Waals surface area contributed by atoms with Gasteiger partial charge in [-0.3, -0.25) is 4.79 Å². The van der Waals surface area contributed by atoms with E-state index in [0.717, 1.165) is 0 Å². The molecule has 94 valence electrons. The summed E-state index contributed by atoms with van der Waals surface area (Å²) < 4.78 is 1.43. The van der Waals surface area contributed by atoms with Crippen LogP contribution in [0.25, 0.3) is 16.7 Å². The zero-order valence-electron chi connectivity index (χ0n) is 10.2. The summed E-state index contributed by atoms with van der Waals surface area (Å²) >= 11 is 0. The van der Waals surface area contributed by atoms with Crippen LogP contribution in [-0.2, 0) is 0 Å². The van der Waals surface area contributed by atoms with Crippen LogP contribution in [0.3, 0.4) is 0 Å². The van der Waals surface area contributed by atoms with Crippen molar-refractivity contribution in [2.24, 2.45) is 0 Å². The van der Waals surface area contributed by atoms with Gasteiger partial charge >= 0.3 is 0 Å². The Bertz CT molecular complexity index is 807. The molecule has 2 N–H and O–H groups in total. The van der Waals surface area contributed by atoms with Crippen molar-refractivity contribution in [3.05, 3.63) is 52.8 Å². The quantitative estimate of drug-likeness (QED) is 0.700. The highest BCUT2D eigenvalue weighted by Crippen LogP contribution is 2.10. The number of fused-ring (bicyclic) bond motifs is 1. The number of nitrogens with two attached hydrogens (primary N) is 1. The minimum absolute atomic E-state index is 0.165. The van der Waals surface area contributed by atoms with Crippen molar-refractivity contribution in [2.75, 3.05) is 5.73 Å². The average Bonchev–Trinajstić information content (AvgIpc) is 2.41. The van der Waals surface area contributed by atoms with Crippen LogP contribution in [0.1, 0.15) is 5.82 Å². The third-order valence-corrected chi connectivity index (χ3v) is 2.83.